The van der Waals surface area contributed by atoms with Crippen molar-refractivity contribution >= 4 is 17.0 Å². The number of H-pyrrole nitrogens is 2. The zero-order valence-electron chi connectivity index (χ0n) is 10.9. The molecule has 4 N–H and O–H groups in total. The second kappa shape index (κ2) is 4.89. The number of carbonyl (C=O) groups is 1. The molecule has 1 aromatic heterocycles. The summed E-state index contributed by atoms with van der Waals surface area (Å²) in [7, 11) is 1.79. The fourth-order valence-electron chi connectivity index (χ4n) is 2.13. The number of hydrogen-bond donors (Lipinski definition) is 4. The number of hydrogen-bond acceptors (Lipinski definition) is 3. The summed E-state index contributed by atoms with van der Waals surface area (Å²) < 4.78 is 0. The summed E-state index contributed by atoms with van der Waals surface area (Å²) in [6.45, 7) is 2.29. The summed E-state index contributed by atoms with van der Waals surface area (Å²) in [6.07, 6.45) is 0.471. The van der Waals surface area contributed by atoms with Crippen LogP contribution >= 0.6 is 0 Å². The summed E-state index contributed by atoms with van der Waals surface area (Å²) in [4.78, 5) is 28.1. The van der Waals surface area contributed by atoms with Crippen molar-refractivity contribution in [2.75, 3.05) is 13.6 Å². The van der Waals surface area contributed by atoms with Gasteiger partial charge in [-0.3, -0.25) is 4.79 Å². The highest BCUT2D eigenvalue weighted by molar-refractivity contribution is 5.84. The Morgan fingerprint density at radius 3 is 2.68 bits per heavy atom. The third-order valence-corrected chi connectivity index (χ3v) is 3.50. The number of nitrogens with one attached hydrogen (secondary N) is 3. The Kier molecular flexibility index (Phi) is 3.44. The number of rotatable bonds is 5. The lowest BCUT2D eigenvalue weighted by Crippen LogP contribution is -2.35. The van der Waals surface area contributed by atoms with E-state index < -0.39 is 11.4 Å². The third kappa shape index (κ3) is 2.39. The molecular formula is C13H17N3O3. The zero-order valence-corrected chi connectivity index (χ0v) is 10.9. The first-order valence-electron chi connectivity index (χ1n) is 6.08. The van der Waals surface area contributed by atoms with E-state index >= 15 is 0 Å². The van der Waals surface area contributed by atoms with Gasteiger partial charge < -0.3 is 20.4 Å². The van der Waals surface area contributed by atoms with Crippen LogP contribution in [-0.2, 0) is 10.2 Å². The normalized spacial score (nSPS) is 14.4. The van der Waals surface area contributed by atoms with Crippen molar-refractivity contribution in [3.05, 3.63) is 34.2 Å². The molecule has 1 aromatic carbocycles. The van der Waals surface area contributed by atoms with Gasteiger partial charge in [0.1, 0.15) is 0 Å². The van der Waals surface area contributed by atoms with Gasteiger partial charge in [-0.1, -0.05) is 6.07 Å². The van der Waals surface area contributed by atoms with Gasteiger partial charge in [0, 0.05) is 0 Å². The van der Waals surface area contributed by atoms with E-state index in [9.17, 15) is 14.7 Å². The molecule has 0 fully saturated rings. The molecule has 0 saturated heterocycles. The molecule has 1 unspecified atom stereocenters. The maximum atomic E-state index is 11.6. The minimum atomic E-state index is -0.981. The number of benzene rings is 1. The zero-order chi connectivity index (χ0) is 14.0. The molecule has 0 bridgehead atoms. The van der Waals surface area contributed by atoms with Crippen molar-refractivity contribution in [3.8, 4) is 0 Å². The molecule has 0 aliphatic heterocycles. The van der Waals surface area contributed by atoms with E-state index in [1.54, 1.807) is 32.2 Å². The maximum absolute atomic E-state index is 11.6. The lowest BCUT2D eigenvalue weighted by Gasteiger charge is -2.25. The van der Waals surface area contributed by atoms with E-state index in [4.69, 9.17) is 0 Å². The van der Waals surface area contributed by atoms with Gasteiger partial charge in [0.25, 0.3) is 0 Å². The molecule has 0 spiro atoms. The molecule has 102 valence electrons. The van der Waals surface area contributed by atoms with Crippen LogP contribution in [-0.4, -0.2) is 34.6 Å². The number of fused-ring (bicyclic) bond motifs is 1. The maximum Gasteiger partial charge on any atom is 0.323 e. The molecule has 2 aromatic rings. The molecule has 0 radical (unpaired) electrons. The van der Waals surface area contributed by atoms with Crippen molar-refractivity contribution in [1.82, 2.24) is 15.3 Å². The second-order valence-corrected chi connectivity index (χ2v) is 4.83. The molecule has 0 aliphatic carbocycles. The Labute approximate surface area is 109 Å². The quantitative estimate of drug-likeness (QED) is 0.641. The molecule has 6 heteroatoms. The van der Waals surface area contributed by atoms with Crippen molar-refractivity contribution < 1.29 is 9.90 Å². The van der Waals surface area contributed by atoms with E-state index in [-0.39, 0.29) is 5.69 Å². The standard InChI is InChI=1S/C13H17N3O3/c1-13(11(17)18,5-6-14-2)8-3-4-9-10(7-8)16-12(19)15-9/h3-4,7,14H,5-6H2,1-2H3,(H,17,18)(H2,15,16,19). The fraction of sp³-hybridized carbons (Fsp3) is 0.385. The smallest absolute Gasteiger partial charge is 0.323 e. The minimum Gasteiger partial charge on any atom is -0.481 e. The van der Waals surface area contributed by atoms with E-state index in [2.05, 4.69) is 15.3 Å². The van der Waals surface area contributed by atoms with Crippen molar-refractivity contribution in [3.63, 3.8) is 0 Å². The van der Waals surface area contributed by atoms with Gasteiger partial charge in [0.05, 0.1) is 16.4 Å². The van der Waals surface area contributed by atoms with Crippen molar-refractivity contribution in [2.45, 2.75) is 18.8 Å². The van der Waals surface area contributed by atoms with Crippen molar-refractivity contribution in [2.24, 2.45) is 0 Å². The van der Waals surface area contributed by atoms with Gasteiger partial charge in [0.2, 0.25) is 0 Å². The second-order valence-electron chi connectivity index (χ2n) is 4.83. The third-order valence-electron chi connectivity index (χ3n) is 3.50. The van der Waals surface area contributed by atoms with Crippen molar-refractivity contribution in [1.29, 1.82) is 0 Å². The number of aromatic nitrogens is 2. The van der Waals surface area contributed by atoms with Gasteiger partial charge in [-0.25, -0.2) is 4.79 Å². The fourth-order valence-corrected chi connectivity index (χ4v) is 2.13. The topological polar surface area (TPSA) is 98.0 Å². The Morgan fingerprint density at radius 2 is 2.05 bits per heavy atom. The van der Waals surface area contributed by atoms with Crippen LogP contribution in [0.25, 0.3) is 11.0 Å². The molecule has 19 heavy (non-hydrogen) atoms. The number of imidazole rings is 1. The molecule has 0 aliphatic rings. The van der Waals surface area contributed by atoms with Crippen LogP contribution in [0.15, 0.2) is 23.0 Å². The van der Waals surface area contributed by atoms with E-state index in [1.165, 1.54) is 0 Å². The lowest BCUT2D eigenvalue weighted by atomic mass is 9.79. The van der Waals surface area contributed by atoms with Gasteiger partial charge >= 0.3 is 11.7 Å². The Hall–Kier alpha value is -2.08. The van der Waals surface area contributed by atoms with Crippen LogP contribution in [0.4, 0.5) is 0 Å². The molecule has 2 rings (SSSR count). The minimum absolute atomic E-state index is 0.292. The van der Waals surface area contributed by atoms with Crippen LogP contribution in [0, 0.1) is 0 Å². The van der Waals surface area contributed by atoms with Crippen LogP contribution in [0.2, 0.25) is 0 Å². The van der Waals surface area contributed by atoms with E-state index in [0.29, 0.717) is 29.6 Å². The van der Waals surface area contributed by atoms with E-state index in [1.807, 2.05) is 0 Å². The van der Waals surface area contributed by atoms with Crippen LogP contribution < -0.4 is 11.0 Å². The first-order valence-corrected chi connectivity index (χ1v) is 6.08. The van der Waals surface area contributed by atoms with Gasteiger partial charge in [-0.2, -0.15) is 0 Å². The van der Waals surface area contributed by atoms with Crippen LogP contribution in [0.5, 0.6) is 0 Å². The highest BCUT2D eigenvalue weighted by Crippen LogP contribution is 2.29. The largest absolute Gasteiger partial charge is 0.481 e. The summed E-state index contributed by atoms with van der Waals surface area (Å²) in [5.74, 6) is -0.875. The highest BCUT2D eigenvalue weighted by Gasteiger charge is 2.34. The Morgan fingerprint density at radius 1 is 1.37 bits per heavy atom. The average Bonchev–Trinajstić information content (AvgIpc) is 2.74. The molecular weight excluding hydrogens is 246 g/mol. The van der Waals surface area contributed by atoms with E-state index in [0.717, 1.165) is 0 Å². The monoisotopic (exact) mass is 263 g/mol. The summed E-state index contributed by atoms with van der Waals surface area (Å²) >= 11 is 0. The number of carboxylic acid groups (broad SMARTS) is 1. The average molecular weight is 263 g/mol. The predicted octanol–water partition coefficient (Wildman–Crippen LogP) is 0.808. The van der Waals surface area contributed by atoms with Gasteiger partial charge in [-0.15, -0.1) is 0 Å². The first-order chi connectivity index (χ1) is 8.97. The number of carboxylic acids is 1. The highest BCUT2D eigenvalue weighted by atomic mass is 16.4. The first kappa shape index (κ1) is 13.4. The molecule has 0 saturated carbocycles. The molecule has 6 nitrogen and oxygen atoms in total. The SMILES string of the molecule is CNCCC(C)(C(=O)O)c1ccc2[nH]c(=O)[nH]c2c1. The van der Waals surface area contributed by atoms with Gasteiger partial charge in [0.15, 0.2) is 0 Å². The Bertz CT molecular complexity index is 658. The van der Waals surface area contributed by atoms with Gasteiger partial charge in [-0.05, 0) is 44.6 Å². The molecule has 1 heterocycles. The van der Waals surface area contributed by atoms with Crippen LogP contribution in [0.1, 0.15) is 18.9 Å². The molecule has 0 amide bonds. The number of aromatic amines is 2. The lowest BCUT2D eigenvalue weighted by molar-refractivity contribution is -0.143. The summed E-state index contributed by atoms with van der Waals surface area (Å²) in [5.41, 5.74) is 0.706. The predicted molar refractivity (Wildman–Crippen MR) is 72.5 cm³/mol. The van der Waals surface area contributed by atoms with Crippen LogP contribution in [0.3, 0.4) is 0 Å². The Balaban J connectivity index is 2.49. The summed E-state index contributed by atoms with van der Waals surface area (Å²) in [5, 5.41) is 12.4. The number of aliphatic carboxylic acids is 1. The molecule has 1 atom stereocenters. The summed E-state index contributed by atoms with van der Waals surface area (Å²) in [6, 6.07) is 5.19.